The molecule has 5 nitrogen and oxygen atoms in total. The lowest BCUT2D eigenvalue weighted by Gasteiger charge is -2.41. The highest BCUT2D eigenvalue weighted by atomic mass is 16.5. The molecule has 0 amide bonds. The predicted molar refractivity (Wildman–Crippen MR) is 117 cm³/mol. The highest BCUT2D eigenvalue weighted by molar-refractivity contribution is 5.33. The number of hydrogen-bond donors (Lipinski definition) is 1. The highest BCUT2D eigenvalue weighted by Gasteiger charge is 2.30. The molecule has 0 spiro atoms. The van der Waals surface area contributed by atoms with Crippen molar-refractivity contribution in [1.82, 2.24) is 15.1 Å². The molecular weight excluding hydrogens is 362 g/mol. The van der Waals surface area contributed by atoms with Gasteiger partial charge < -0.3 is 19.7 Å². The van der Waals surface area contributed by atoms with Crippen LogP contribution in [0, 0.1) is 5.92 Å². The quantitative estimate of drug-likeness (QED) is 0.760. The molecule has 29 heavy (non-hydrogen) atoms. The third kappa shape index (κ3) is 5.72. The molecule has 0 bridgehead atoms. The molecule has 1 aromatic carbocycles. The van der Waals surface area contributed by atoms with E-state index in [9.17, 15) is 0 Å². The molecule has 1 N–H and O–H groups in total. The van der Waals surface area contributed by atoms with Crippen molar-refractivity contribution in [3.63, 3.8) is 0 Å². The first-order valence-corrected chi connectivity index (χ1v) is 11.7. The van der Waals surface area contributed by atoms with E-state index in [0.29, 0.717) is 18.2 Å². The standard InChI is InChI=1S/C24H39N3O2/c1-19-16-27(18-22-7-5-15-29-22)14-11-23(19)25-21-9-12-26(13-10-21)17-20-6-3-4-8-24(20)28-2/h3-4,6,8,19,21-23,25H,5,7,9-18H2,1-2H3/t19-,22+,23-/m1/s1. The van der Waals surface area contributed by atoms with Crippen molar-refractivity contribution < 1.29 is 9.47 Å². The van der Waals surface area contributed by atoms with E-state index in [1.54, 1.807) is 7.11 Å². The molecule has 3 heterocycles. The lowest BCUT2D eigenvalue weighted by Crippen LogP contribution is -2.54. The second kappa shape index (κ2) is 10.3. The third-order valence-corrected chi connectivity index (χ3v) is 7.10. The van der Waals surface area contributed by atoms with Gasteiger partial charge in [0.25, 0.3) is 0 Å². The van der Waals surface area contributed by atoms with E-state index in [2.05, 4.69) is 40.2 Å². The maximum Gasteiger partial charge on any atom is 0.123 e. The molecule has 0 aliphatic carbocycles. The monoisotopic (exact) mass is 401 g/mol. The maximum atomic E-state index is 5.84. The maximum absolute atomic E-state index is 5.84. The average molecular weight is 402 g/mol. The lowest BCUT2D eigenvalue weighted by molar-refractivity contribution is 0.0484. The summed E-state index contributed by atoms with van der Waals surface area (Å²) in [5.74, 6) is 1.73. The van der Waals surface area contributed by atoms with Crippen LogP contribution in [-0.4, -0.2) is 74.4 Å². The minimum Gasteiger partial charge on any atom is -0.496 e. The SMILES string of the molecule is COc1ccccc1CN1CCC(N[C@@H]2CCN(C[C@@H]3CCCO3)C[C@H]2C)CC1. The molecule has 1 aromatic rings. The van der Waals surface area contributed by atoms with Crippen molar-refractivity contribution in [2.75, 3.05) is 46.4 Å². The van der Waals surface area contributed by atoms with Gasteiger partial charge in [-0.15, -0.1) is 0 Å². The van der Waals surface area contributed by atoms with E-state index in [-0.39, 0.29) is 0 Å². The van der Waals surface area contributed by atoms with Crippen LogP contribution in [-0.2, 0) is 11.3 Å². The van der Waals surface area contributed by atoms with Crippen LogP contribution in [0.5, 0.6) is 5.75 Å². The van der Waals surface area contributed by atoms with Crippen LogP contribution in [0.2, 0.25) is 0 Å². The Morgan fingerprint density at radius 1 is 1.07 bits per heavy atom. The number of hydrogen-bond acceptors (Lipinski definition) is 5. The molecular formula is C24H39N3O2. The highest BCUT2D eigenvalue weighted by Crippen LogP contribution is 2.24. The van der Waals surface area contributed by atoms with Crippen molar-refractivity contribution in [2.45, 2.75) is 63.8 Å². The second-order valence-electron chi connectivity index (χ2n) is 9.30. The fourth-order valence-corrected chi connectivity index (χ4v) is 5.36. The molecule has 3 aliphatic rings. The first kappa shape index (κ1) is 21.1. The van der Waals surface area contributed by atoms with Crippen molar-refractivity contribution in [2.24, 2.45) is 5.92 Å². The normalized spacial score (nSPS) is 29.9. The minimum atomic E-state index is 0.485. The first-order valence-electron chi connectivity index (χ1n) is 11.7. The molecule has 3 aliphatic heterocycles. The van der Waals surface area contributed by atoms with Gasteiger partial charge in [0.2, 0.25) is 0 Å². The fourth-order valence-electron chi connectivity index (χ4n) is 5.36. The van der Waals surface area contributed by atoms with E-state index in [1.807, 2.05) is 6.07 Å². The number of likely N-dealkylation sites (tertiary alicyclic amines) is 2. The number of nitrogens with zero attached hydrogens (tertiary/aromatic N) is 2. The van der Waals surface area contributed by atoms with Crippen molar-refractivity contribution in [1.29, 1.82) is 0 Å². The molecule has 0 radical (unpaired) electrons. The Morgan fingerprint density at radius 3 is 2.59 bits per heavy atom. The summed E-state index contributed by atoms with van der Waals surface area (Å²) in [5.41, 5.74) is 1.30. The fraction of sp³-hybridized carbons (Fsp3) is 0.750. The van der Waals surface area contributed by atoms with Crippen LogP contribution in [0.25, 0.3) is 0 Å². The molecule has 3 saturated heterocycles. The summed E-state index contributed by atoms with van der Waals surface area (Å²) in [4.78, 5) is 5.21. The van der Waals surface area contributed by atoms with E-state index in [4.69, 9.17) is 9.47 Å². The van der Waals surface area contributed by atoms with Crippen LogP contribution >= 0.6 is 0 Å². The van der Waals surface area contributed by atoms with E-state index >= 15 is 0 Å². The van der Waals surface area contributed by atoms with Gasteiger partial charge in [-0.05, 0) is 63.7 Å². The van der Waals surface area contributed by atoms with Crippen molar-refractivity contribution in [3.05, 3.63) is 29.8 Å². The van der Waals surface area contributed by atoms with Crippen LogP contribution < -0.4 is 10.1 Å². The number of ether oxygens (including phenoxy) is 2. The zero-order chi connectivity index (χ0) is 20.1. The summed E-state index contributed by atoms with van der Waals surface area (Å²) < 4.78 is 11.4. The molecule has 4 rings (SSSR count). The second-order valence-corrected chi connectivity index (χ2v) is 9.30. The molecule has 5 heteroatoms. The zero-order valence-electron chi connectivity index (χ0n) is 18.3. The Morgan fingerprint density at radius 2 is 1.86 bits per heavy atom. The summed E-state index contributed by atoms with van der Waals surface area (Å²) in [6.45, 7) is 10.3. The van der Waals surface area contributed by atoms with Gasteiger partial charge in [0, 0.05) is 43.9 Å². The van der Waals surface area contributed by atoms with Gasteiger partial charge in [-0.25, -0.2) is 0 Å². The van der Waals surface area contributed by atoms with Crippen molar-refractivity contribution in [3.8, 4) is 5.75 Å². The van der Waals surface area contributed by atoms with E-state index in [1.165, 1.54) is 63.8 Å². The van der Waals surface area contributed by atoms with Crippen LogP contribution in [0.4, 0.5) is 0 Å². The summed E-state index contributed by atoms with van der Waals surface area (Å²) in [6.07, 6.45) is 6.75. The largest absolute Gasteiger partial charge is 0.496 e. The van der Waals surface area contributed by atoms with Gasteiger partial charge >= 0.3 is 0 Å². The van der Waals surface area contributed by atoms with Crippen LogP contribution in [0.1, 0.15) is 44.6 Å². The van der Waals surface area contributed by atoms with Gasteiger partial charge in [-0.2, -0.15) is 0 Å². The Balaban J connectivity index is 1.19. The number of para-hydroxylation sites is 1. The van der Waals surface area contributed by atoms with Gasteiger partial charge in [-0.3, -0.25) is 4.90 Å². The molecule has 162 valence electrons. The molecule has 3 fully saturated rings. The van der Waals surface area contributed by atoms with Gasteiger partial charge in [0.15, 0.2) is 0 Å². The van der Waals surface area contributed by atoms with E-state index < -0.39 is 0 Å². The predicted octanol–water partition coefficient (Wildman–Crippen LogP) is 3.14. The van der Waals surface area contributed by atoms with Crippen LogP contribution in [0.15, 0.2) is 24.3 Å². The topological polar surface area (TPSA) is 37.0 Å². The molecule has 0 unspecified atom stereocenters. The Bertz CT molecular complexity index is 626. The molecule has 0 saturated carbocycles. The number of rotatable bonds is 7. The number of nitrogens with one attached hydrogen (secondary N) is 1. The molecule has 3 atom stereocenters. The minimum absolute atomic E-state index is 0.485. The van der Waals surface area contributed by atoms with Gasteiger partial charge in [0.05, 0.1) is 13.2 Å². The lowest BCUT2D eigenvalue weighted by atomic mass is 9.91. The Kier molecular flexibility index (Phi) is 7.46. The zero-order valence-corrected chi connectivity index (χ0v) is 18.3. The summed E-state index contributed by atoms with van der Waals surface area (Å²) in [7, 11) is 1.77. The number of benzene rings is 1. The smallest absolute Gasteiger partial charge is 0.123 e. The third-order valence-electron chi connectivity index (χ3n) is 7.10. The Labute approximate surface area is 176 Å². The Hall–Kier alpha value is -1.14. The van der Waals surface area contributed by atoms with Gasteiger partial charge in [0.1, 0.15) is 5.75 Å². The summed E-state index contributed by atoms with van der Waals surface area (Å²) >= 11 is 0. The molecule has 0 aromatic heterocycles. The van der Waals surface area contributed by atoms with Crippen molar-refractivity contribution >= 4 is 0 Å². The van der Waals surface area contributed by atoms with E-state index in [0.717, 1.165) is 31.4 Å². The summed E-state index contributed by atoms with van der Waals surface area (Å²) in [6, 6.07) is 9.75. The van der Waals surface area contributed by atoms with Crippen LogP contribution in [0.3, 0.4) is 0 Å². The number of piperidine rings is 2. The average Bonchev–Trinajstić information content (AvgIpc) is 3.25. The first-order chi connectivity index (χ1) is 14.2. The van der Waals surface area contributed by atoms with Gasteiger partial charge in [-0.1, -0.05) is 25.1 Å². The summed E-state index contributed by atoms with van der Waals surface area (Å²) in [5, 5.41) is 4.02. The number of methoxy groups -OCH3 is 1.